The number of likely N-dealkylation sites (N-methyl/N-ethyl adjacent to an activating group) is 1. The fourth-order valence-corrected chi connectivity index (χ4v) is 2.64. The largest absolute Gasteiger partial charge is 0.454 e. The lowest BCUT2D eigenvalue weighted by molar-refractivity contribution is -0.117. The number of anilines is 1. The summed E-state index contributed by atoms with van der Waals surface area (Å²) < 4.78 is 10.6. The predicted molar refractivity (Wildman–Crippen MR) is 79.7 cm³/mol. The number of ether oxygens (including phenoxy) is 2. The van der Waals surface area contributed by atoms with Gasteiger partial charge in [-0.25, -0.2) is 0 Å². The van der Waals surface area contributed by atoms with Crippen molar-refractivity contribution in [2.24, 2.45) is 0 Å². The summed E-state index contributed by atoms with van der Waals surface area (Å²) in [6.45, 7) is 7.89. The molecular formula is C15H21N3O3. The SMILES string of the molecule is CCN1CCN(CC(=O)Nc2ccc3c(c2)OCO3)CC1. The summed E-state index contributed by atoms with van der Waals surface area (Å²) in [6.07, 6.45) is 0. The average Bonchev–Trinajstić information content (AvgIpc) is 2.95. The minimum absolute atomic E-state index is 0.0128. The number of nitrogens with zero attached hydrogens (tertiary/aromatic N) is 2. The number of piperazine rings is 1. The molecule has 2 aliphatic rings. The van der Waals surface area contributed by atoms with Gasteiger partial charge in [-0.3, -0.25) is 9.69 Å². The maximum absolute atomic E-state index is 12.1. The number of hydrogen-bond acceptors (Lipinski definition) is 5. The number of benzene rings is 1. The number of amides is 1. The van der Waals surface area contributed by atoms with Gasteiger partial charge in [-0.05, 0) is 18.7 Å². The van der Waals surface area contributed by atoms with Crippen LogP contribution in [0.2, 0.25) is 0 Å². The number of nitrogens with one attached hydrogen (secondary N) is 1. The Morgan fingerprint density at radius 1 is 1.14 bits per heavy atom. The summed E-state index contributed by atoms with van der Waals surface area (Å²) in [6, 6.07) is 5.45. The summed E-state index contributed by atoms with van der Waals surface area (Å²) in [5, 5.41) is 2.91. The Hall–Kier alpha value is -1.79. The van der Waals surface area contributed by atoms with Gasteiger partial charge in [0, 0.05) is 37.9 Å². The van der Waals surface area contributed by atoms with Crippen LogP contribution in [0.25, 0.3) is 0 Å². The van der Waals surface area contributed by atoms with E-state index in [1.54, 1.807) is 6.07 Å². The van der Waals surface area contributed by atoms with Gasteiger partial charge >= 0.3 is 0 Å². The molecule has 0 saturated carbocycles. The maximum atomic E-state index is 12.1. The Kier molecular flexibility index (Phi) is 4.26. The molecule has 0 aliphatic carbocycles. The molecule has 1 amide bonds. The zero-order valence-electron chi connectivity index (χ0n) is 12.3. The molecule has 3 rings (SSSR count). The van der Waals surface area contributed by atoms with E-state index in [9.17, 15) is 4.79 Å². The molecule has 1 aromatic rings. The van der Waals surface area contributed by atoms with Crippen LogP contribution >= 0.6 is 0 Å². The van der Waals surface area contributed by atoms with Crippen molar-refractivity contribution in [2.45, 2.75) is 6.92 Å². The van der Waals surface area contributed by atoms with E-state index in [4.69, 9.17) is 9.47 Å². The highest BCUT2D eigenvalue weighted by molar-refractivity contribution is 5.92. The second-order valence-electron chi connectivity index (χ2n) is 5.33. The van der Waals surface area contributed by atoms with E-state index >= 15 is 0 Å². The molecule has 21 heavy (non-hydrogen) atoms. The first kappa shape index (κ1) is 14.2. The fraction of sp³-hybridized carbons (Fsp3) is 0.533. The molecule has 0 spiro atoms. The van der Waals surface area contributed by atoms with Crippen molar-refractivity contribution in [3.8, 4) is 11.5 Å². The molecular weight excluding hydrogens is 270 g/mol. The van der Waals surface area contributed by atoms with E-state index in [2.05, 4.69) is 22.0 Å². The minimum Gasteiger partial charge on any atom is -0.454 e. The van der Waals surface area contributed by atoms with Gasteiger partial charge in [-0.2, -0.15) is 0 Å². The van der Waals surface area contributed by atoms with Gasteiger partial charge in [-0.1, -0.05) is 6.92 Å². The summed E-state index contributed by atoms with van der Waals surface area (Å²) in [5.74, 6) is 1.42. The van der Waals surface area contributed by atoms with Crippen LogP contribution in [-0.4, -0.2) is 61.8 Å². The van der Waals surface area contributed by atoms with Gasteiger partial charge in [0.05, 0.1) is 6.54 Å². The van der Waals surface area contributed by atoms with E-state index in [-0.39, 0.29) is 12.7 Å². The third kappa shape index (κ3) is 3.46. The van der Waals surface area contributed by atoms with Crippen LogP contribution in [0.4, 0.5) is 5.69 Å². The van der Waals surface area contributed by atoms with Crippen LogP contribution in [0.15, 0.2) is 18.2 Å². The molecule has 0 aromatic heterocycles. The van der Waals surface area contributed by atoms with Crippen LogP contribution in [0.3, 0.4) is 0 Å². The molecule has 0 atom stereocenters. The lowest BCUT2D eigenvalue weighted by Gasteiger charge is -2.33. The molecule has 6 nitrogen and oxygen atoms in total. The van der Waals surface area contributed by atoms with Crippen molar-refractivity contribution in [3.05, 3.63) is 18.2 Å². The Labute approximate surface area is 124 Å². The van der Waals surface area contributed by atoms with Gasteiger partial charge < -0.3 is 19.7 Å². The average molecular weight is 291 g/mol. The monoisotopic (exact) mass is 291 g/mol. The molecule has 1 N–H and O–H groups in total. The van der Waals surface area contributed by atoms with Gasteiger partial charge in [0.15, 0.2) is 11.5 Å². The topological polar surface area (TPSA) is 54.0 Å². The van der Waals surface area contributed by atoms with Crippen molar-refractivity contribution in [1.29, 1.82) is 0 Å². The predicted octanol–water partition coefficient (Wildman–Crippen LogP) is 0.991. The molecule has 2 heterocycles. The van der Waals surface area contributed by atoms with Crippen molar-refractivity contribution < 1.29 is 14.3 Å². The first-order valence-corrected chi connectivity index (χ1v) is 7.39. The molecule has 6 heteroatoms. The zero-order valence-corrected chi connectivity index (χ0v) is 12.3. The Bertz CT molecular complexity index is 513. The molecule has 1 saturated heterocycles. The number of carbonyl (C=O) groups is 1. The van der Waals surface area contributed by atoms with Crippen LogP contribution < -0.4 is 14.8 Å². The first-order chi connectivity index (χ1) is 10.2. The third-order valence-corrected chi connectivity index (χ3v) is 3.94. The van der Waals surface area contributed by atoms with Gasteiger partial charge in [0.1, 0.15) is 0 Å². The normalized spacial score (nSPS) is 18.7. The van der Waals surface area contributed by atoms with Gasteiger partial charge in [0.25, 0.3) is 0 Å². The lowest BCUT2D eigenvalue weighted by atomic mass is 10.2. The smallest absolute Gasteiger partial charge is 0.238 e. The van der Waals surface area contributed by atoms with Gasteiger partial charge in [0.2, 0.25) is 12.7 Å². The van der Waals surface area contributed by atoms with Crippen LogP contribution in [0.1, 0.15) is 6.92 Å². The molecule has 1 aromatic carbocycles. The highest BCUT2D eigenvalue weighted by Gasteiger charge is 2.18. The van der Waals surface area contributed by atoms with Crippen molar-refractivity contribution in [1.82, 2.24) is 9.80 Å². The molecule has 114 valence electrons. The first-order valence-electron chi connectivity index (χ1n) is 7.39. The van der Waals surface area contributed by atoms with Crippen LogP contribution in [-0.2, 0) is 4.79 Å². The van der Waals surface area contributed by atoms with Gasteiger partial charge in [-0.15, -0.1) is 0 Å². The van der Waals surface area contributed by atoms with E-state index in [0.29, 0.717) is 12.3 Å². The molecule has 0 bridgehead atoms. The highest BCUT2D eigenvalue weighted by Crippen LogP contribution is 2.34. The summed E-state index contributed by atoms with van der Waals surface area (Å²) >= 11 is 0. The zero-order chi connectivity index (χ0) is 14.7. The molecule has 0 radical (unpaired) electrons. The molecule has 1 fully saturated rings. The number of rotatable bonds is 4. The second-order valence-corrected chi connectivity index (χ2v) is 5.33. The third-order valence-electron chi connectivity index (χ3n) is 3.94. The Morgan fingerprint density at radius 3 is 2.62 bits per heavy atom. The van der Waals surface area contributed by atoms with E-state index in [1.165, 1.54) is 0 Å². The van der Waals surface area contributed by atoms with Crippen molar-refractivity contribution in [2.75, 3.05) is 51.4 Å². The van der Waals surface area contributed by atoms with Crippen molar-refractivity contribution in [3.63, 3.8) is 0 Å². The summed E-state index contributed by atoms with van der Waals surface area (Å²) in [5.41, 5.74) is 0.747. The molecule has 2 aliphatic heterocycles. The number of carbonyl (C=O) groups excluding carboxylic acids is 1. The standard InChI is InChI=1S/C15H21N3O3/c1-2-17-5-7-18(8-6-17)10-15(19)16-12-3-4-13-14(9-12)21-11-20-13/h3-4,9H,2,5-8,10-11H2,1H3,(H,16,19). The van der Waals surface area contributed by atoms with E-state index < -0.39 is 0 Å². The summed E-state index contributed by atoms with van der Waals surface area (Å²) in [4.78, 5) is 16.7. The van der Waals surface area contributed by atoms with E-state index in [1.807, 2.05) is 12.1 Å². The lowest BCUT2D eigenvalue weighted by Crippen LogP contribution is -2.48. The minimum atomic E-state index is 0.0128. The van der Waals surface area contributed by atoms with E-state index in [0.717, 1.165) is 44.2 Å². The quantitative estimate of drug-likeness (QED) is 0.896. The van der Waals surface area contributed by atoms with Crippen LogP contribution in [0.5, 0.6) is 11.5 Å². The Balaban J connectivity index is 1.50. The summed E-state index contributed by atoms with van der Waals surface area (Å²) in [7, 11) is 0. The number of fused-ring (bicyclic) bond motifs is 1. The van der Waals surface area contributed by atoms with Crippen molar-refractivity contribution >= 4 is 11.6 Å². The number of hydrogen-bond donors (Lipinski definition) is 1. The highest BCUT2D eigenvalue weighted by atomic mass is 16.7. The maximum Gasteiger partial charge on any atom is 0.238 e. The second kappa shape index (κ2) is 6.32. The Morgan fingerprint density at radius 2 is 1.86 bits per heavy atom. The molecule has 0 unspecified atom stereocenters. The van der Waals surface area contributed by atoms with Crippen LogP contribution in [0, 0.1) is 0 Å². The fourth-order valence-electron chi connectivity index (χ4n) is 2.64.